The quantitative estimate of drug-likeness (QED) is 0.247. The molecule has 0 unspecified atom stereocenters. The predicted octanol–water partition coefficient (Wildman–Crippen LogP) is 9.13. The molecule has 0 fully saturated rings. The lowest BCUT2D eigenvalue weighted by Gasteiger charge is -2.20. The minimum atomic E-state index is 1.08. The molecule has 0 saturated carbocycles. The topological polar surface area (TPSA) is 17.8 Å². The van der Waals surface area contributed by atoms with Crippen molar-refractivity contribution in [2.45, 2.75) is 9.92 Å². The number of benzene rings is 5. The number of para-hydroxylation sites is 1. The Morgan fingerprint density at radius 1 is 0.583 bits per heavy atom. The highest BCUT2D eigenvalue weighted by Crippen LogP contribution is 2.50. The zero-order valence-electron chi connectivity index (χ0n) is 19.3. The van der Waals surface area contributed by atoms with E-state index in [1.165, 1.54) is 65.4 Å². The summed E-state index contributed by atoms with van der Waals surface area (Å²) in [7, 11) is 0. The first-order valence-electron chi connectivity index (χ1n) is 12.1. The van der Waals surface area contributed by atoms with Crippen LogP contribution in [0.1, 0.15) is 0 Å². The summed E-state index contributed by atoms with van der Waals surface area (Å²) in [6.45, 7) is 0. The molecule has 3 heterocycles. The van der Waals surface area contributed by atoms with E-state index >= 15 is 0 Å². The maximum atomic E-state index is 4.80. The molecule has 0 atom stereocenters. The Kier molecular flexibility index (Phi) is 4.19. The Bertz CT molecular complexity index is 1950. The molecule has 8 rings (SSSR count). The van der Waals surface area contributed by atoms with Crippen LogP contribution >= 0.6 is 11.8 Å². The van der Waals surface area contributed by atoms with E-state index in [2.05, 4.69) is 120 Å². The lowest BCUT2D eigenvalue weighted by Crippen LogP contribution is -1.98. The first kappa shape index (κ1) is 19.9. The van der Waals surface area contributed by atoms with Crippen LogP contribution in [0.5, 0.6) is 0 Å². The van der Waals surface area contributed by atoms with Gasteiger partial charge >= 0.3 is 0 Å². The number of fused-ring (bicyclic) bond motifs is 6. The van der Waals surface area contributed by atoms with Gasteiger partial charge in [-0.05, 0) is 58.7 Å². The van der Waals surface area contributed by atoms with Crippen LogP contribution < -0.4 is 0 Å². The number of nitrogens with zero attached hydrogens (tertiary/aromatic N) is 2. The van der Waals surface area contributed by atoms with E-state index in [4.69, 9.17) is 4.98 Å². The fraction of sp³-hybridized carbons (Fsp3) is 0. The van der Waals surface area contributed by atoms with Gasteiger partial charge in [-0.15, -0.1) is 0 Å². The zero-order valence-corrected chi connectivity index (χ0v) is 20.2. The van der Waals surface area contributed by atoms with E-state index in [9.17, 15) is 0 Å². The van der Waals surface area contributed by atoms with E-state index in [0.29, 0.717) is 0 Å². The minimum Gasteiger partial charge on any atom is -0.309 e. The summed E-state index contributed by atoms with van der Waals surface area (Å²) in [5, 5.41) is 6.13. The van der Waals surface area contributed by atoms with Crippen molar-refractivity contribution in [2.24, 2.45) is 0 Å². The van der Waals surface area contributed by atoms with Crippen molar-refractivity contribution in [2.75, 3.05) is 0 Å². The van der Waals surface area contributed by atoms with E-state index in [0.717, 1.165) is 5.03 Å². The minimum absolute atomic E-state index is 1.08. The largest absolute Gasteiger partial charge is 0.309 e. The van der Waals surface area contributed by atoms with Gasteiger partial charge in [-0.3, -0.25) is 0 Å². The molecule has 2 aromatic heterocycles. The van der Waals surface area contributed by atoms with E-state index in [-0.39, 0.29) is 0 Å². The summed E-state index contributed by atoms with van der Waals surface area (Å²) in [5.41, 5.74) is 8.65. The third-order valence-corrected chi connectivity index (χ3v) is 8.34. The molecule has 7 aromatic rings. The third-order valence-electron chi connectivity index (χ3n) is 7.26. The van der Waals surface area contributed by atoms with Crippen LogP contribution in [0.3, 0.4) is 0 Å². The molecule has 1 aliphatic rings. The standard InChI is InChI=1S/C33H20N2S/c1-2-8-21(9-3-1)22-14-16-23(17-15-22)35-29-12-6-4-10-24(29)28-20-27-25-11-5-7-13-30(25)36-33-31(27)26(32(28)35)18-19-34-33/h1-20H. The molecular formula is C33H20N2S. The van der Waals surface area contributed by atoms with Gasteiger partial charge in [-0.2, -0.15) is 0 Å². The average molecular weight is 477 g/mol. The van der Waals surface area contributed by atoms with Crippen molar-refractivity contribution in [1.82, 2.24) is 9.55 Å². The molecule has 168 valence electrons. The second-order valence-corrected chi connectivity index (χ2v) is 10.3. The first-order valence-corrected chi connectivity index (χ1v) is 13.0. The Morgan fingerprint density at radius 3 is 2.22 bits per heavy atom. The Labute approximate surface area is 212 Å². The summed E-state index contributed by atoms with van der Waals surface area (Å²) in [6.07, 6.45) is 1.96. The van der Waals surface area contributed by atoms with Gasteiger partial charge < -0.3 is 4.57 Å². The second-order valence-electron chi connectivity index (χ2n) is 9.22. The fourth-order valence-corrected chi connectivity index (χ4v) is 6.75. The lowest BCUT2D eigenvalue weighted by atomic mass is 9.96. The van der Waals surface area contributed by atoms with Gasteiger partial charge in [0, 0.05) is 38.3 Å². The SMILES string of the molecule is c1ccc(-c2ccc(-n3c4ccccc4c4cc5c6c(nccc6c43)Sc3ccccc3-5)cc2)cc1. The molecule has 0 saturated heterocycles. The number of aromatic nitrogens is 2. The normalized spacial score (nSPS) is 12.3. The van der Waals surface area contributed by atoms with Crippen LogP contribution in [0, 0.1) is 0 Å². The Hall–Kier alpha value is -4.34. The maximum absolute atomic E-state index is 4.80. The molecule has 0 radical (unpaired) electrons. The highest BCUT2D eigenvalue weighted by molar-refractivity contribution is 7.99. The average Bonchev–Trinajstić information content (AvgIpc) is 3.28. The second kappa shape index (κ2) is 7.58. The summed E-state index contributed by atoms with van der Waals surface area (Å²) in [6, 6.07) is 41.5. The van der Waals surface area contributed by atoms with Gasteiger partial charge in [0.15, 0.2) is 0 Å². The fourth-order valence-electron chi connectivity index (χ4n) is 5.67. The summed E-state index contributed by atoms with van der Waals surface area (Å²) >= 11 is 1.77. The molecule has 3 heteroatoms. The monoisotopic (exact) mass is 476 g/mol. The van der Waals surface area contributed by atoms with Crippen molar-refractivity contribution in [3.05, 3.63) is 121 Å². The highest BCUT2D eigenvalue weighted by atomic mass is 32.2. The van der Waals surface area contributed by atoms with Gasteiger partial charge in [0.05, 0.1) is 11.0 Å². The predicted molar refractivity (Wildman–Crippen MR) is 151 cm³/mol. The first-order chi connectivity index (χ1) is 17.9. The molecule has 0 spiro atoms. The van der Waals surface area contributed by atoms with Crippen molar-refractivity contribution >= 4 is 44.3 Å². The Balaban J connectivity index is 1.47. The molecule has 2 nitrogen and oxygen atoms in total. The van der Waals surface area contributed by atoms with Crippen LogP contribution in [0.4, 0.5) is 0 Å². The number of rotatable bonds is 2. The highest BCUT2D eigenvalue weighted by Gasteiger charge is 2.24. The third kappa shape index (κ3) is 2.78. The van der Waals surface area contributed by atoms with Crippen molar-refractivity contribution in [1.29, 1.82) is 0 Å². The molecule has 36 heavy (non-hydrogen) atoms. The maximum Gasteiger partial charge on any atom is 0.109 e. The van der Waals surface area contributed by atoms with Gasteiger partial charge in [-0.25, -0.2) is 4.98 Å². The molecule has 5 aromatic carbocycles. The summed E-state index contributed by atoms with van der Waals surface area (Å²) in [4.78, 5) is 6.07. The van der Waals surface area contributed by atoms with Crippen molar-refractivity contribution in [3.63, 3.8) is 0 Å². The van der Waals surface area contributed by atoms with Crippen LogP contribution in [0.15, 0.2) is 131 Å². The van der Waals surface area contributed by atoms with Crippen molar-refractivity contribution in [3.8, 4) is 27.9 Å². The van der Waals surface area contributed by atoms with Crippen LogP contribution in [0.2, 0.25) is 0 Å². The molecule has 0 amide bonds. The Morgan fingerprint density at radius 2 is 1.33 bits per heavy atom. The molecule has 0 N–H and O–H groups in total. The molecule has 0 bridgehead atoms. The van der Waals surface area contributed by atoms with Gasteiger partial charge in [0.2, 0.25) is 0 Å². The molecule has 1 aliphatic heterocycles. The lowest BCUT2D eigenvalue weighted by molar-refractivity contribution is 1.16. The smallest absolute Gasteiger partial charge is 0.109 e. The number of hydrogen-bond acceptors (Lipinski definition) is 2. The molecule has 0 aliphatic carbocycles. The van der Waals surface area contributed by atoms with Gasteiger partial charge in [0.25, 0.3) is 0 Å². The van der Waals surface area contributed by atoms with Crippen LogP contribution in [-0.2, 0) is 0 Å². The van der Waals surface area contributed by atoms with E-state index in [1.807, 2.05) is 6.20 Å². The van der Waals surface area contributed by atoms with Gasteiger partial charge in [0.1, 0.15) is 5.03 Å². The summed E-state index contributed by atoms with van der Waals surface area (Å²) < 4.78 is 2.42. The van der Waals surface area contributed by atoms with E-state index in [1.54, 1.807) is 11.8 Å². The number of hydrogen-bond donors (Lipinski definition) is 0. The van der Waals surface area contributed by atoms with Crippen LogP contribution in [0.25, 0.3) is 60.5 Å². The van der Waals surface area contributed by atoms with Crippen LogP contribution in [-0.4, -0.2) is 9.55 Å². The molecular weight excluding hydrogens is 456 g/mol. The number of pyridine rings is 1. The van der Waals surface area contributed by atoms with Gasteiger partial charge in [-0.1, -0.05) is 90.6 Å². The zero-order chi connectivity index (χ0) is 23.6. The van der Waals surface area contributed by atoms with Crippen molar-refractivity contribution < 1.29 is 0 Å². The summed E-state index contributed by atoms with van der Waals surface area (Å²) in [5.74, 6) is 0. The van der Waals surface area contributed by atoms with E-state index < -0.39 is 0 Å².